The van der Waals surface area contributed by atoms with Crippen molar-refractivity contribution in [3.8, 4) is 0 Å². The molecule has 0 aromatic carbocycles. The Morgan fingerprint density at radius 3 is 2.81 bits per heavy atom. The normalized spacial score (nSPS) is 23.7. The zero-order valence-electron chi connectivity index (χ0n) is 13.3. The quantitative estimate of drug-likeness (QED) is 0.857. The molecule has 1 aliphatic heterocycles. The fraction of sp³-hybridized carbons (Fsp3) is 0.750. The number of fused-ring (bicyclic) bond motifs is 1. The van der Waals surface area contributed by atoms with Crippen molar-refractivity contribution in [3.63, 3.8) is 0 Å². The highest BCUT2D eigenvalue weighted by atomic mass is 15.3. The molecule has 0 saturated carbocycles. The summed E-state index contributed by atoms with van der Waals surface area (Å²) in [6.45, 7) is 7.44. The molecule has 0 amide bonds. The Labute approximate surface area is 127 Å². The molecule has 1 atom stereocenters. The van der Waals surface area contributed by atoms with Crippen LogP contribution in [-0.4, -0.2) is 54.6 Å². The number of rotatable bonds is 3. The molecule has 2 heterocycles. The van der Waals surface area contributed by atoms with Crippen molar-refractivity contribution >= 4 is 5.95 Å². The molecular formula is C16H27N5. The summed E-state index contributed by atoms with van der Waals surface area (Å²) in [5.74, 6) is 0.930. The van der Waals surface area contributed by atoms with Crippen LogP contribution in [0.1, 0.15) is 43.5 Å². The van der Waals surface area contributed by atoms with Gasteiger partial charge in [-0.3, -0.25) is 0 Å². The molecule has 1 unspecified atom stereocenters. The molecule has 3 rings (SSSR count). The summed E-state index contributed by atoms with van der Waals surface area (Å²) < 4.78 is 0. The smallest absolute Gasteiger partial charge is 0.225 e. The van der Waals surface area contributed by atoms with Crippen LogP contribution >= 0.6 is 0 Å². The van der Waals surface area contributed by atoms with Crippen LogP contribution in [0.15, 0.2) is 6.20 Å². The molecule has 21 heavy (non-hydrogen) atoms. The molecule has 0 bridgehead atoms. The molecule has 1 aromatic rings. The SMILES string of the molecule is CCNC1CCCCc2nc(N3CCN(C)CC3)ncc21. The first-order valence-electron chi connectivity index (χ1n) is 8.30. The third-order valence-corrected chi connectivity index (χ3v) is 4.66. The maximum absolute atomic E-state index is 4.91. The number of anilines is 1. The molecule has 0 radical (unpaired) electrons. The van der Waals surface area contributed by atoms with Crippen molar-refractivity contribution in [2.24, 2.45) is 0 Å². The second-order valence-electron chi connectivity index (χ2n) is 6.22. The predicted molar refractivity (Wildman–Crippen MR) is 85.7 cm³/mol. The van der Waals surface area contributed by atoms with Crippen LogP contribution in [0.3, 0.4) is 0 Å². The van der Waals surface area contributed by atoms with E-state index in [1.54, 1.807) is 0 Å². The van der Waals surface area contributed by atoms with E-state index in [-0.39, 0.29) is 0 Å². The first kappa shape index (κ1) is 14.7. The Bertz CT molecular complexity index is 468. The lowest BCUT2D eigenvalue weighted by molar-refractivity contribution is 0.311. The second-order valence-corrected chi connectivity index (χ2v) is 6.22. The Hall–Kier alpha value is -1.20. The summed E-state index contributed by atoms with van der Waals surface area (Å²) in [4.78, 5) is 14.3. The summed E-state index contributed by atoms with van der Waals surface area (Å²) in [6.07, 6.45) is 6.90. The van der Waals surface area contributed by atoms with E-state index in [1.165, 1.54) is 30.5 Å². The van der Waals surface area contributed by atoms with Gasteiger partial charge in [0, 0.05) is 44.0 Å². The van der Waals surface area contributed by atoms with E-state index in [1.807, 2.05) is 0 Å². The molecule has 1 aromatic heterocycles. The molecule has 1 saturated heterocycles. The van der Waals surface area contributed by atoms with Gasteiger partial charge >= 0.3 is 0 Å². The molecule has 1 N–H and O–H groups in total. The van der Waals surface area contributed by atoms with Crippen LogP contribution in [0.25, 0.3) is 0 Å². The summed E-state index contributed by atoms with van der Waals surface area (Å²) in [5.41, 5.74) is 2.59. The van der Waals surface area contributed by atoms with Crippen LogP contribution in [0.5, 0.6) is 0 Å². The predicted octanol–water partition coefficient (Wildman–Crippen LogP) is 1.61. The minimum absolute atomic E-state index is 0.439. The third kappa shape index (κ3) is 3.35. The number of nitrogens with one attached hydrogen (secondary N) is 1. The van der Waals surface area contributed by atoms with E-state index in [2.05, 4.69) is 40.3 Å². The fourth-order valence-electron chi connectivity index (χ4n) is 3.32. The Kier molecular flexibility index (Phi) is 4.70. The number of hydrogen-bond donors (Lipinski definition) is 1. The van der Waals surface area contributed by atoms with E-state index in [0.717, 1.165) is 45.1 Å². The lowest BCUT2D eigenvalue weighted by Crippen LogP contribution is -2.45. The van der Waals surface area contributed by atoms with Gasteiger partial charge in [0.25, 0.3) is 0 Å². The van der Waals surface area contributed by atoms with Gasteiger partial charge in [-0.25, -0.2) is 9.97 Å². The largest absolute Gasteiger partial charge is 0.338 e. The van der Waals surface area contributed by atoms with Crippen LogP contribution < -0.4 is 10.2 Å². The number of nitrogens with zero attached hydrogens (tertiary/aromatic N) is 4. The van der Waals surface area contributed by atoms with Gasteiger partial charge in [0.2, 0.25) is 5.95 Å². The Morgan fingerprint density at radius 1 is 1.24 bits per heavy atom. The van der Waals surface area contributed by atoms with Gasteiger partial charge in [-0.05, 0) is 32.9 Å². The highest BCUT2D eigenvalue weighted by Crippen LogP contribution is 2.28. The van der Waals surface area contributed by atoms with E-state index in [9.17, 15) is 0 Å². The van der Waals surface area contributed by atoms with E-state index < -0.39 is 0 Å². The van der Waals surface area contributed by atoms with Gasteiger partial charge in [-0.15, -0.1) is 0 Å². The van der Waals surface area contributed by atoms with Gasteiger partial charge in [0.15, 0.2) is 0 Å². The summed E-state index contributed by atoms with van der Waals surface area (Å²) in [7, 11) is 2.18. The van der Waals surface area contributed by atoms with E-state index in [4.69, 9.17) is 4.98 Å². The molecule has 0 spiro atoms. The standard InChI is InChI=1S/C16H27N5/c1-3-17-14-6-4-5-7-15-13(14)12-18-16(19-15)21-10-8-20(2)9-11-21/h12,14,17H,3-11H2,1-2H3. The lowest BCUT2D eigenvalue weighted by Gasteiger charge is -2.32. The van der Waals surface area contributed by atoms with Crippen LogP contribution in [0.2, 0.25) is 0 Å². The molecule has 5 nitrogen and oxygen atoms in total. The van der Waals surface area contributed by atoms with Gasteiger partial charge in [0.1, 0.15) is 0 Å². The topological polar surface area (TPSA) is 44.3 Å². The highest BCUT2D eigenvalue weighted by Gasteiger charge is 2.22. The van der Waals surface area contributed by atoms with Crippen molar-refractivity contribution in [1.29, 1.82) is 0 Å². The molecule has 1 aliphatic carbocycles. The average Bonchev–Trinajstić information content (AvgIpc) is 2.70. The second kappa shape index (κ2) is 6.71. The first-order valence-corrected chi connectivity index (χ1v) is 8.30. The Morgan fingerprint density at radius 2 is 2.05 bits per heavy atom. The summed E-state index contributed by atoms with van der Waals surface area (Å²) in [5, 5.41) is 3.59. The minimum Gasteiger partial charge on any atom is -0.338 e. The summed E-state index contributed by atoms with van der Waals surface area (Å²) >= 11 is 0. The highest BCUT2D eigenvalue weighted by molar-refractivity contribution is 5.35. The molecule has 116 valence electrons. The van der Waals surface area contributed by atoms with Gasteiger partial charge in [-0.1, -0.05) is 13.3 Å². The number of aryl methyl sites for hydroxylation is 1. The lowest BCUT2D eigenvalue weighted by atomic mass is 10.1. The van der Waals surface area contributed by atoms with Crippen LogP contribution in [0.4, 0.5) is 5.95 Å². The zero-order valence-corrected chi connectivity index (χ0v) is 13.3. The maximum Gasteiger partial charge on any atom is 0.225 e. The van der Waals surface area contributed by atoms with Crippen molar-refractivity contribution in [3.05, 3.63) is 17.5 Å². The number of aromatic nitrogens is 2. The average molecular weight is 289 g/mol. The molecule has 5 heteroatoms. The van der Waals surface area contributed by atoms with Crippen molar-refractivity contribution < 1.29 is 0 Å². The van der Waals surface area contributed by atoms with Crippen molar-refractivity contribution in [2.45, 2.75) is 38.6 Å². The molecule has 1 fully saturated rings. The van der Waals surface area contributed by atoms with E-state index >= 15 is 0 Å². The Balaban J connectivity index is 1.81. The first-order chi connectivity index (χ1) is 10.3. The van der Waals surface area contributed by atoms with Gasteiger partial charge < -0.3 is 15.1 Å². The molecular weight excluding hydrogens is 262 g/mol. The summed E-state index contributed by atoms with van der Waals surface area (Å²) in [6, 6.07) is 0.439. The van der Waals surface area contributed by atoms with Gasteiger partial charge in [-0.2, -0.15) is 0 Å². The minimum atomic E-state index is 0.439. The number of hydrogen-bond acceptors (Lipinski definition) is 5. The maximum atomic E-state index is 4.91. The monoisotopic (exact) mass is 289 g/mol. The van der Waals surface area contributed by atoms with Gasteiger partial charge in [0.05, 0.1) is 5.69 Å². The fourth-order valence-corrected chi connectivity index (χ4v) is 3.32. The van der Waals surface area contributed by atoms with Crippen molar-refractivity contribution in [2.75, 3.05) is 44.7 Å². The van der Waals surface area contributed by atoms with Crippen LogP contribution in [-0.2, 0) is 6.42 Å². The zero-order chi connectivity index (χ0) is 14.7. The molecule has 2 aliphatic rings. The van der Waals surface area contributed by atoms with Crippen LogP contribution in [0, 0.1) is 0 Å². The third-order valence-electron chi connectivity index (χ3n) is 4.66. The number of likely N-dealkylation sites (N-methyl/N-ethyl adjacent to an activating group) is 1. The number of piperazine rings is 1. The van der Waals surface area contributed by atoms with Crippen molar-refractivity contribution in [1.82, 2.24) is 20.2 Å². The van der Waals surface area contributed by atoms with E-state index in [0.29, 0.717) is 6.04 Å².